The van der Waals surface area contributed by atoms with Gasteiger partial charge in [0.2, 0.25) is 5.91 Å². The Balaban J connectivity index is 2.04. The molecule has 1 fully saturated rings. The molecular weight excluding hydrogens is 268 g/mol. The summed E-state index contributed by atoms with van der Waals surface area (Å²) in [6, 6.07) is 7.22. The number of hydrogen-bond acceptors (Lipinski definition) is 3. The van der Waals surface area contributed by atoms with E-state index in [0.29, 0.717) is 5.69 Å². The average molecular weight is 290 g/mol. The lowest BCUT2D eigenvalue weighted by Crippen LogP contribution is -2.46. The molecule has 1 aromatic rings. The quantitative estimate of drug-likeness (QED) is 0.710. The summed E-state index contributed by atoms with van der Waals surface area (Å²) in [5, 5.41) is 2.96. The molecule has 1 saturated carbocycles. The SMILES string of the molecule is NC(=O)CN(Cc1ccccc1N)C(=O)NC1CCCC1. The van der Waals surface area contributed by atoms with Gasteiger partial charge in [-0.05, 0) is 24.5 Å². The van der Waals surface area contributed by atoms with Crippen LogP contribution in [-0.2, 0) is 11.3 Å². The minimum absolute atomic E-state index is 0.118. The predicted molar refractivity (Wildman–Crippen MR) is 81.2 cm³/mol. The van der Waals surface area contributed by atoms with Crippen molar-refractivity contribution in [2.45, 2.75) is 38.3 Å². The Kier molecular flexibility index (Phi) is 5.03. The molecule has 2 rings (SSSR count). The van der Waals surface area contributed by atoms with Crippen LogP contribution in [0.15, 0.2) is 24.3 Å². The van der Waals surface area contributed by atoms with E-state index in [1.54, 1.807) is 6.07 Å². The topological polar surface area (TPSA) is 101 Å². The van der Waals surface area contributed by atoms with Gasteiger partial charge in [0.25, 0.3) is 0 Å². The maximum atomic E-state index is 12.3. The summed E-state index contributed by atoms with van der Waals surface area (Å²) in [6.45, 7) is 0.154. The van der Waals surface area contributed by atoms with Crippen LogP contribution < -0.4 is 16.8 Å². The number of nitrogens with one attached hydrogen (secondary N) is 1. The van der Waals surface area contributed by atoms with Gasteiger partial charge in [-0.15, -0.1) is 0 Å². The highest BCUT2D eigenvalue weighted by atomic mass is 16.2. The molecule has 1 aromatic carbocycles. The Morgan fingerprint density at radius 2 is 1.90 bits per heavy atom. The number of anilines is 1. The molecule has 0 heterocycles. The second-order valence-corrected chi connectivity index (χ2v) is 5.45. The average Bonchev–Trinajstić information content (AvgIpc) is 2.92. The van der Waals surface area contributed by atoms with Crippen molar-refractivity contribution in [2.75, 3.05) is 12.3 Å². The van der Waals surface area contributed by atoms with Crippen molar-refractivity contribution in [3.05, 3.63) is 29.8 Å². The monoisotopic (exact) mass is 290 g/mol. The second-order valence-electron chi connectivity index (χ2n) is 5.45. The lowest BCUT2D eigenvalue weighted by Gasteiger charge is -2.24. The molecule has 0 unspecified atom stereocenters. The van der Waals surface area contributed by atoms with E-state index in [1.807, 2.05) is 18.2 Å². The maximum absolute atomic E-state index is 12.3. The van der Waals surface area contributed by atoms with E-state index in [2.05, 4.69) is 5.32 Å². The summed E-state index contributed by atoms with van der Waals surface area (Å²) in [5.41, 5.74) is 12.5. The van der Waals surface area contributed by atoms with Crippen molar-refractivity contribution in [1.29, 1.82) is 0 Å². The summed E-state index contributed by atoms with van der Waals surface area (Å²) in [4.78, 5) is 24.9. The molecule has 21 heavy (non-hydrogen) atoms. The van der Waals surface area contributed by atoms with E-state index in [-0.39, 0.29) is 25.2 Å². The van der Waals surface area contributed by atoms with Gasteiger partial charge in [0.1, 0.15) is 6.54 Å². The third-order valence-electron chi connectivity index (χ3n) is 3.73. The van der Waals surface area contributed by atoms with E-state index < -0.39 is 5.91 Å². The van der Waals surface area contributed by atoms with Gasteiger partial charge in [-0.3, -0.25) is 4.79 Å². The van der Waals surface area contributed by atoms with Gasteiger partial charge in [-0.25, -0.2) is 4.79 Å². The fraction of sp³-hybridized carbons (Fsp3) is 0.467. The molecule has 1 aliphatic rings. The number of nitrogens with two attached hydrogens (primary N) is 2. The number of benzene rings is 1. The van der Waals surface area contributed by atoms with E-state index in [4.69, 9.17) is 11.5 Å². The highest BCUT2D eigenvalue weighted by molar-refractivity contribution is 5.83. The number of primary amides is 1. The molecule has 1 aliphatic carbocycles. The van der Waals surface area contributed by atoms with E-state index >= 15 is 0 Å². The highest BCUT2D eigenvalue weighted by Crippen LogP contribution is 2.18. The van der Waals surface area contributed by atoms with Gasteiger partial charge in [-0.1, -0.05) is 31.0 Å². The number of rotatable bonds is 5. The minimum atomic E-state index is -0.536. The first-order valence-corrected chi connectivity index (χ1v) is 7.23. The van der Waals surface area contributed by atoms with Gasteiger partial charge in [0, 0.05) is 18.3 Å². The zero-order valence-electron chi connectivity index (χ0n) is 12.0. The Morgan fingerprint density at radius 3 is 2.52 bits per heavy atom. The second kappa shape index (κ2) is 6.97. The Bertz CT molecular complexity index is 512. The number of carbonyl (C=O) groups is 2. The molecule has 0 aromatic heterocycles. The lowest BCUT2D eigenvalue weighted by molar-refractivity contribution is -0.118. The Morgan fingerprint density at radius 1 is 1.24 bits per heavy atom. The van der Waals surface area contributed by atoms with Crippen molar-refractivity contribution in [3.8, 4) is 0 Å². The number of amides is 3. The van der Waals surface area contributed by atoms with Crippen LogP contribution in [0.3, 0.4) is 0 Å². The third kappa shape index (κ3) is 4.37. The van der Waals surface area contributed by atoms with Crippen molar-refractivity contribution in [3.63, 3.8) is 0 Å². The van der Waals surface area contributed by atoms with Crippen LogP contribution in [0.5, 0.6) is 0 Å². The predicted octanol–water partition coefficient (Wildman–Crippen LogP) is 1.21. The summed E-state index contributed by atoms with van der Waals surface area (Å²) < 4.78 is 0. The van der Waals surface area contributed by atoms with Gasteiger partial charge >= 0.3 is 6.03 Å². The Hall–Kier alpha value is -2.24. The molecule has 0 bridgehead atoms. The van der Waals surface area contributed by atoms with Crippen LogP contribution in [0, 0.1) is 0 Å². The van der Waals surface area contributed by atoms with E-state index in [9.17, 15) is 9.59 Å². The van der Waals surface area contributed by atoms with Crippen molar-refractivity contribution in [1.82, 2.24) is 10.2 Å². The van der Waals surface area contributed by atoms with Gasteiger partial charge in [0.05, 0.1) is 0 Å². The highest BCUT2D eigenvalue weighted by Gasteiger charge is 2.22. The molecule has 0 aliphatic heterocycles. The standard InChI is InChI=1S/C15H22N4O2/c16-13-8-4-1-5-11(13)9-19(10-14(17)20)15(21)18-12-6-2-3-7-12/h1,4-5,8,12H,2-3,6-7,9-10,16H2,(H2,17,20)(H,18,21). The molecule has 0 radical (unpaired) electrons. The third-order valence-corrected chi connectivity index (χ3v) is 3.73. The van der Waals surface area contributed by atoms with Crippen LogP contribution in [0.25, 0.3) is 0 Å². The number of hydrogen-bond donors (Lipinski definition) is 3. The fourth-order valence-corrected chi connectivity index (χ4v) is 2.61. The number of para-hydroxylation sites is 1. The van der Waals surface area contributed by atoms with Crippen LogP contribution in [0.4, 0.5) is 10.5 Å². The largest absolute Gasteiger partial charge is 0.398 e. The molecular formula is C15H22N4O2. The van der Waals surface area contributed by atoms with Gasteiger partial charge in [-0.2, -0.15) is 0 Å². The number of nitrogens with zero attached hydrogens (tertiary/aromatic N) is 1. The molecule has 0 atom stereocenters. The summed E-state index contributed by atoms with van der Waals surface area (Å²) in [5.74, 6) is -0.536. The van der Waals surface area contributed by atoms with Crippen LogP contribution in [-0.4, -0.2) is 29.4 Å². The first-order chi connectivity index (χ1) is 10.1. The number of carbonyl (C=O) groups excluding carboxylic acids is 2. The summed E-state index contributed by atoms with van der Waals surface area (Å²) in [6.07, 6.45) is 4.24. The smallest absolute Gasteiger partial charge is 0.318 e. The molecule has 3 amide bonds. The maximum Gasteiger partial charge on any atom is 0.318 e. The molecule has 5 N–H and O–H groups in total. The van der Waals surface area contributed by atoms with Gasteiger partial charge in [0.15, 0.2) is 0 Å². The van der Waals surface area contributed by atoms with E-state index in [1.165, 1.54) is 4.90 Å². The van der Waals surface area contributed by atoms with Crippen molar-refractivity contribution < 1.29 is 9.59 Å². The van der Waals surface area contributed by atoms with Crippen LogP contribution >= 0.6 is 0 Å². The first kappa shape index (κ1) is 15.2. The Labute approximate surface area is 124 Å². The normalized spacial score (nSPS) is 14.9. The van der Waals surface area contributed by atoms with Crippen molar-refractivity contribution in [2.24, 2.45) is 5.73 Å². The van der Waals surface area contributed by atoms with Crippen molar-refractivity contribution >= 4 is 17.6 Å². The fourth-order valence-electron chi connectivity index (χ4n) is 2.61. The number of urea groups is 1. The number of nitrogen functional groups attached to an aromatic ring is 1. The zero-order chi connectivity index (χ0) is 15.2. The lowest BCUT2D eigenvalue weighted by atomic mass is 10.1. The summed E-state index contributed by atoms with van der Waals surface area (Å²) in [7, 11) is 0. The molecule has 0 spiro atoms. The summed E-state index contributed by atoms with van der Waals surface area (Å²) >= 11 is 0. The molecule has 0 saturated heterocycles. The minimum Gasteiger partial charge on any atom is -0.398 e. The van der Waals surface area contributed by atoms with E-state index in [0.717, 1.165) is 31.2 Å². The first-order valence-electron chi connectivity index (χ1n) is 7.23. The van der Waals surface area contributed by atoms with Crippen LogP contribution in [0.2, 0.25) is 0 Å². The zero-order valence-corrected chi connectivity index (χ0v) is 12.0. The molecule has 114 valence electrons. The molecule has 6 nitrogen and oxygen atoms in total. The molecule has 6 heteroatoms. The van der Waals surface area contributed by atoms with Gasteiger partial charge < -0.3 is 21.7 Å². The van der Waals surface area contributed by atoms with Crippen LogP contribution in [0.1, 0.15) is 31.2 Å².